The van der Waals surface area contributed by atoms with Crippen molar-refractivity contribution in [1.29, 1.82) is 0 Å². The molecule has 4 nitrogen and oxygen atoms in total. The number of carbonyl (C=O) groups excluding carboxylic acids is 1. The van der Waals surface area contributed by atoms with Crippen LogP contribution >= 0.6 is 0 Å². The summed E-state index contributed by atoms with van der Waals surface area (Å²) in [5.41, 5.74) is 5.71. The predicted molar refractivity (Wildman–Crippen MR) is 61.3 cm³/mol. The first-order chi connectivity index (χ1) is 7.81. The van der Waals surface area contributed by atoms with Gasteiger partial charge in [0.05, 0.1) is 12.8 Å². The number of Topliss-reactive ketones (excluding diaryl/α,β-unsaturated/α-hetero) is 1. The van der Waals surface area contributed by atoms with E-state index in [2.05, 4.69) is 4.90 Å². The van der Waals surface area contributed by atoms with Crippen molar-refractivity contribution in [2.75, 3.05) is 19.6 Å². The fourth-order valence-corrected chi connectivity index (χ4v) is 2.23. The summed E-state index contributed by atoms with van der Waals surface area (Å²) in [7, 11) is 0. The van der Waals surface area contributed by atoms with E-state index in [1.165, 1.54) is 12.7 Å². The number of nitrogens with two attached hydrogens (primary N) is 1. The van der Waals surface area contributed by atoms with Gasteiger partial charge in [-0.25, -0.2) is 0 Å². The summed E-state index contributed by atoms with van der Waals surface area (Å²) in [6.45, 7) is 2.02. The second-order valence-corrected chi connectivity index (χ2v) is 4.26. The number of piperidine rings is 1. The molecule has 88 valence electrons. The number of nitrogens with zero attached hydrogens (tertiary/aromatic N) is 1. The van der Waals surface area contributed by atoms with Crippen LogP contribution in [-0.4, -0.2) is 36.4 Å². The Balaban J connectivity index is 1.95. The minimum absolute atomic E-state index is 0.0466. The lowest BCUT2D eigenvalue weighted by atomic mass is 10.0. The minimum atomic E-state index is 0.0466. The van der Waals surface area contributed by atoms with E-state index in [4.69, 9.17) is 10.2 Å². The Bertz CT molecular complexity index is 335. The molecular weight excluding hydrogens is 204 g/mol. The largest absolute Gasteiger partial charge is 0.461 e. The predicted octanol–water partition coefficient (Wildman–Crippen LogP) is 1.28. The third kappa shape index (κ3) is 2.51. The number of likely N-dealkylation sites (tertiary alicyclic amines) is 1. The average Bonchev–Trinajstić information content (AvgIpc) is 2.83. The molecule has 1 aliphatic rings. The smallest absolute Gasteiger partial charge is 0.211 e. The molecule has 1 aromatic rings. The Labute approximate surface area is 95.4 Å². The molecule has 4 heteroatoms. The monoisotopic (exact) mass is 222 g/mol. The highest BCUT2D eigenvalue weighted by Gasteiger charge is 2.24. The topological polar surface area (TPSA) is 59.5 Å². The lowest BCUT2D eigenvalue weighted by molar-refractivity contribution is 0.0825. The maximum atomic E-state index is 11.9. The van der Waals surface area contributed by atoms with Gasteiger partial charge in [0, 0.05) is 12.6 Å². The molecule has 1 aromatic heterocycles. The van der Waals surface area contributed by atoms with E-state index >= 15 is 0 Å². The maximum absolute atomic E-state index is 11.9. The highest BCUT2D eigenvalue weighted by Crippen LogP contribution is 2.16. The molecular formula is C12H18N2O2. The van der Waals surface area contributed by atoms with Gasteiger partial charge in [0.2, 0.25) is 5.78 Å². The van der Waals surface area contributed by atoms with Crippen molar-refractivity contribution in [2.45, 2.75) is 25.3 Å². The van der Waals surface area contributed by atoms with E-state index < -0.39 is 0 Å². The van der Waals surface area contributed by atoms with Crippen LogP contribution in [0, 0.1) is 0 Å². The van der Waals surface area contributed by atoms with Crippen molar-refractivity contribution < 1.29 is 9.21 Å². The molecule has 1 unspecified atom stereocenters. The first-order valence-electron chi connectivity index (χ1n) is 5.82. The fraction of sp³-hybridized carbons (Fsp3) is 0.583. The Morgan fingerprint density at radius 2 is 2.44 bits per heavy atom. The molecule has 0 amide bonds. The van der Waals surface area contributed by atoms with Gasteiger partial charge < -0.3 is 10.2 Å². The van der Waals surface area contributed by atoms with Crippen LogP contribution in [0.2, 0.25) is 0 Å². The summed E-state index contributed by atoms with van der Waals surface area (Å²) in [5, 5.41) is 0. The second kappa shape index (κ2) is 5.27. The van der Waals surface area contributed by atoms with Gasteiger partial charge in [-0.05, 0) is 31.5 Å². The SMILES string of the molecule is NCC1CCCCN1CC(=O)c1ccco1. The molecule has 2 N–H and O–H groups in total. The van der Waals surface area contributed by atoms with Crippen LogP contribution in [0.4, 0.5) is 0 Å². The highest BCUT2D eigenvalue weighted by atomic mass is 16.3. The molecule has 1 fully saturated rings. The molecule has 0 spiro atoms. The van der Waals surface area contributed by atoms with Gasteiger partial charge in [0.25, 0.3) is 0 Å². The van der Waals surface area contributed by atoms with Crippen molar-refractivity contribution in [3.63, 3.8) is 0 Å². The summed E-state index contributed by atoms with van der Waals surface area (Å²) >= 11 is 0. The third-order valence-corrected chi connectivity index (χ3v) is 3.16. The van der Waals surface area contributed by atoms with E-state index in [1.807, 2.05) is 0 Å². The van der Waals surface area contributed by atoms with Gasteiger partial charge in [-0.1, -0.05) is 6.42 Å². The number of rotatable bonds is 4. The van der Waals surface area contributed by atoms with Crippen molar-refractivity contribution in [1.82, 2.24) is 4.90 Å². The fourth-order valence-electron chi connectivity index (χ4n) is 2.23. The molecule has 2 rings (SSSR count). The number of carbonyl (C=O) groups is 1. The van der Waals surface area contributed by atoms with E-state index in [9.17, 15) is 4.79 Å². The molecule has 0 radical (unpaired) electrons. The number of hydrogen-bond acceptors (Lipinski definition) is 4. The van der Waals surface area contributed by atoms with E-state index in [0.717, 1.165) is 19.4 Å². The van der Waals surface area contributed by atoms with Crippen molar-refractivity contribution in [3.8, 4) is 0 Å². The van der Waals surface area contributed by atoms with Crippen LogP contribution in [0.15, 0.2) is 22.8 Å². The van der Waals surface area contributed by atoms with Gasteiger partial charge >= 0.3 is 0 Å². The van der Waals surface area contributed by atoms with Gasteiger partial charge in [-0.3, -0.25) is 9.69 Å². The molecule has 0 aromatic carbocycles. The van der Waals surface area contributed by atoms with Crippen molar-refractivity contribution >= 4 is 5.78 Å². The summed E-state index contributed by atoms with van der Waals surface area (Å²) in [5.74, 6) is 0.492. The zero-order valence-corrected chi connectivity index (χ0v) is 9.39. The highest BCUT2D eigenvalue weighted by molar-refractivity contribution is 5.95. The lowest BCUT2D eigenvalue weighted by Gasteiger charge is -2.34. The van der Waals surface area contributed by atoms with Crippen LogP contribution in [0.5, 0.6) is 0 Å². The molecule has 2 heterocycles. The van der Waals surface area contributed by atoms with E-state index in [0.29, 0.717) is 24.9 Å². The third-order valence-electron chi connectivity index (χ3n) is 3.16. The lowest BCUT2D eigenvalue weighted by Crippen LogP contribution is -2.46. The molecule has 16 heavy (non-hydrogen) atoms. The zero-order chi connectivity index (χ0) is 11.4. The standard InChI is InChI=1S/C12H18N2O2/c13-8-10-4-1-2-6-14(10)9-11(15)12-5-3-7-16-12/h3,5,7,10H,1-2,4,6,8-9,13H2. The summed E-state index contributed by atoms with van der Waals surface area (Å²) < 4.78 is 5.10. The summed E-state index contributed by atoms with van der Waals surface area (Å²) in [6.07, 6.45) is 5.00. The van der Waals surface area contributed by atoms with Crippen molar-refractivity contribution in [2.24, 2.45) is 5.73 Å². The first-order valence-corrected chi connectivity index (χ1v) is 5.82. The average molecular weight is 222 g/mol. The first kappa shape index (κ1) is 11.4. The molecule has 0 bridgehead atoms. The number of hydrogen-bond donors (Lipinski definition) is 1. The Morgan fingerprint density at radius 1 is 1.56 bits per heavy atom. The van der Waals surface area contributed by atoms with Crippen molar-refractivity contribution in [3.05, 3.63) is 24.2 Å². The molecule has 1 atom stereocenters. The van der Waals surface area contributed by atoms with Gasteiger partial charge in [0.1, 0.15) is 0 Å². The molecule has 0 aliphatic carbocycles. The van der Waals surface area contributed by atoms with Crippen LogP contribution in [0.3, 0.4) is 0 Å². The zero-order valence-electron chi connectivity index (χ0n) is 9.39. The van der Waals surface area contributed by atoms with E-state index in [1.54, 1.807) is 12.1 Å². The second-order valence-electron chi connectivity index (χ2n) is 4.26. The van der Waals surface area contributed by atoms with Crippen LogP contribution in [0.1, 0.15) is 29.8 Å². The van der Waals surface area contributed by atoms with Crippen LogP contribution in [-0.2, 0) is 0 Å². The number of furan rings is 1. The molecule has 1 aliphatic heterocycles. The van der Waals surface area contributed by atoms with Crippen LogP contribution in [0.25, 0.3) is 0 Å². The van der Waals surface area contributed by atoms with Gasteiger partial charge in [-0.2, -0.15) is 0 Å². The van der Waals surface area contributed by atoms with Gasteiger partial charge in [0.15, 0.2) is 5.76 Å². The molecule has 0 saturated carbocycles. The Morgan fingerprint density at radius 3 is 3.12 bits per heavy atom. The van der Waals surface area contributed by atoms with Crippen LogP contribution < -0.4 is 5.73 Å². The molecule has 1 saturated heterocycles. The summed E-state index contributed by atoms with van der Waals surface area (Å²) in [4.78, 5) is 14.0. The minimum Gasteiger partial charge on any atom is -0.461 e. The Hall–Kier alpha value is -1.13. The van der Waals surface area contributed by atoms with Gasteiger partial charge in [-0.15, -0.1) is 0 Å². The normalized spacial score (nSPS) is 22.2. The van der Waals surface area contributed by atoms with E-state index in [-0.39, 0.29) is 5.78 Å². The summed E-state index contributed by atoms with van der Waals surface area (Å²) in [6, 6.07) is 3.81. The maximum Gasteiger partial charge on any atom is 0.211 e. The quantitative estimate of drug-likeness (QED) is 0.779. The Kier molecular flexibility index (Phi) is 3.74. The number of ketones is 1.